The molecule has 1 amide bonds. The fraction of sp³-hybridized carbons (Fsp3) is 0. The maximum Gasteiger partial charge on any atom is 0.323 e. The third-order valence-corrected chi connectivity index (χ3v) is 4.28. The fourth-order valence-electron chi connectivity index (χ4n) is 2.67. The zero-order valence-corrected chi connectivity index (χ0v) is 14.2. The van der Waals surface area contributed by atoms with Gasteiger partial charge in [0.1, 0.15) is 0 Å². The molecule has 0 saturated carbocycles. The van der Waals surface area contributed by atoms with Gasteiger partial charge >= 0.3 is 5.69 Å². The first-order valence-electron chi connectivity index (χ1n) is 7.84. The topological polar surface area (TPSA) is 90.6 Å². The zero-order valence-electron chi connectivity index (χ0n) is 13.4. The lowest BCUT2D eigenvalue weighted by Crippen LogP contribution is -2.12. The van der Waals surface area contributed by atoms with Gasteiger partial charge in [-0.1, -0.05) is 29.8 Å². The van der Waals surface area contributed by atoms with Gasteiger partial charge in [-0.2, -0.15) is 0 Å². The van der Waals surface area contributed by atoms with Crippen LogP contribution in [0.25, 0.3) is 22.3 Å². The third kappa shape index (κ3) is 3.10. The highest BCUT2D eigenvalue weighted by atomic mass is 35.5. The van der Waals surface area contributed by atoms with Gasteiger partial charge in [0, 0.05) is 22.5 Å². The van der Waals surface area contributed by atoms with Crippen molar-refractivity contribution in [3.8, 4) is 11.3 Å². The van der Waals surface area contributed by atoms with E-state index in [1.54, 1.807) is 36.4 Å². The van der Waals surface area contributed by atoms with Crippen molar-refractivity contribution in [2.45, 2.75) is 0 Å². The molecule has 0 fully saturated rings. The van der Waals surface area contributed by atoms with Crippen molar-refractivity contribution >= 4 is 34.2 Å². The van der Waals surface area contributed by atoms with E-state index in [0.717, 1.165) is 5.56 Å². The van der Waals surface area contributed by atoms with E-state index in [1.165, 1.54) is 6.20 Å². The fourth-order valence-corrected chi connectivity index (χ4v) is 2.90. The lowest BCUT2D eigenvalue weighted by molar-refractivity contribution is 0.102. The summed E-state index contributed by atoms with van der Waals surface area (Å²) in [5.74, 6) is -0.291. The van der Waals surface area contributed by atoms with E-state index < -0.39 is 0 Å². The second kappa shape index (κ2) is 6.50. The van der Waals surface area contributed by atoms with Crippen molar-refractivity contribution in [2.24, 2.45) is 0 Å². The van der Waals surface area contributed by atoms with Crippen LogP contribution in [0.2, 0.25) is 5.02 Å². The molecule has 4 aromatic rings. The summed E-state index contributed by atoms with van der Waals surface area (Å²) in [4.78, 5) is 33.3. The average Bonchev–Trinajstić information content (AvgIpc) is 3.01. The number of hydrogen-bond acceptors (Lipinski definition) is 3. The van der Waals surface area contributed by atoms with Crippen LogP contribution in [-0.4, -0.2) is 20.9 Å². The molecular weight excluding hydrogens is 352 g/mol. The number of benzene rings is 2. The number of nitrogens with one attached hydrogen (secondary N) is 3. The molecule has 2 aromatic heterocycles. The van der Waals surface area contributed by atoms with Crippen molar-refractivity contribution in [1.82, 2.24) is 15.0 Å². The number of anilines is 1. The molecule has 26 heavy (non-hydrogen) atoms. The Morgan fingerprint density at radius 2 is 1.81 bits per heavy atom. The van der Waals surface area contributed by atoms with Crippen LogP contribution < -0.4 is 11.0 Å². The molecule has 0 aliphatic carbocycles. The van der Waals surface area contributed by atoms with Crippen LogP contribution in [0, 0.1) is 0 Å². The number of carbonyl (C=O) groups excluding carboxylic acids is 1. The molecule has 6 nitrogen and oxygen atoms in total. The molecule has 0 saturated heterocycles. The molecule has 2 heterocycles. The highest BCUT2D eigenvalue weighted by molar-refractivity contribution is 6.33. The standard InChI is InChI=1S/C19H13ClN4O2/c20-14-4-2-1-3-13(14)15-7-5-11(10-21-15)18(25)22-12-6-8-16-17(9-12)24-19(26)23-16/h1-10H,(H,22,25)(H2,23,24,26). The van der Waals surface area contributed by atoms with E-state index in [4.69, 9.17) is 11.6 Å². The number of amides is 1. The molecule has 0 spiro atoms. The molecule has 128 valence electrons. The second-order valence-corrected chi connectivity index (χ2v) is 6.11. The Morgan fingerprint density at radius 1 is 1.00 bits per heavy atom. The number of pyridine rings is 1. The first-order valence-corrected chi connectivity index (χ1v) is 8.22. The van der Waals surface area contributed by atoms with Gasteiger partial charge in [0.25, 0.3) is 5.91 Å². The molecule has 4 rings (SSSR count). The van der Waals surface area contributed by atoms with Crippen LogP contribution in [0.3, 0.4) is 0 Å². The van der Waals surface area contributed by atoms with E-state index in [2.05, 4.69) is 20.3 Å². The monoisotopic (exact) mass is 364 g/mol. The van der Waals surface area contributed by atoms with Crippen molar-refractivity contribution in [2.75, 3.05) is 5.32 Å². The summed E-state index contributed by atoms with van der Waals surface area (Å²) in [5, 5.41) is 3.39. The normalized spacial score (nSPS) is 10.8. The van der Waals surface area contributed by atoms with Crippen LogP contribution in [0.5, 0.6) is 0 Å². The molecular formula is C19H13ClN4O2. The highest BCUT2D eigenvalue weighted by Gasteiger charge is 2.10. The number of imidazole rings is 1. The molecule has 0 aliphatic rings. The number of aromatic amines is 2. The van der Waals surface area contributed by atoms with Crippen molar-refractivity contribution in [3.63, 3.8) is 0 Å². The summed E-state index contributed by atoms with van der Waals surface area (Å²) >= 11 is 6.17. The summed E-state index contributed by atoms with van der Waals surface area (Å²) in [6, 6.07) is 16.0. The van der Waals surface area contributed by atoms with Gasteiger partial charge < -0.3 is 15.3 Å². The van der Waals surface area contributed by atoms with Crippen LogP contribution in [-0.2, 0) is 0 Å². The SMILES string of the molecule is O=C(Nc1ccc2[nH]c(=O)[nH]c2c1)c1ccc(-c2ccccc2Cl)nc1. The van der Waals surface area contributed by atoms with Gasteiger partial charge in [-0.05, 0) is 36.4 Å². The van der Waals surface area contributed by atoms with Crippen LogP contribution in [0.1, 0.15) is 10.4 Å². The Morgan fingerprint density at radius 3 is 2.58 bits per heavy atom. The van der Waals surface area contributed by atoms with Crippen LogP contribution in [0.4, 0.5) is 5.69 Å². The maximum atomic E-state index is 12.4. The number of hydrogen-bond donors (Lipinski definition) is 3. The minimum Gasteiger partial charge on any atom is -0.322 e. The molecule has 7 heteroatoms. The Kier molecular flexibility index (Phi) is 4.02. The predicted molar refractivity (Wildman–Crippen MR) is 102 cm³/mol. The third-order valence-electron chi connectivity index (χ3n) is 3.95. The minimum absolute atomic E-state index is 0.289. The van der Waals surface area contributed by atoms with E-state index >= 15 is 0 Å². The summed E-state index contributed by atoms with van der Waals surface area (Å²) in [6.45, 7) is 0. The highest BCUT2D eigenvalue weighted by Crippen LogP contribution is 2.25. The van der Waals surface area contributed by atoms with E-state index in [1.807, 2.05) is 18.2 Å². The molecule has 0 aliphatic heterocycles. The molecule has 0 atom stereocenters. The van der Waals surface area contributed by atoms with Gasteiger partial charge in [0.2, 0.25) is 0 Å². The first-order chi connectivity index (χ1) is 12.6. The Bertz CT molecular complexity index is 1160. The molecule has 0 radical (unpaired) electrons. The average molecular weight is 365 g/mol. The van der Waals surface area contributed by atoms with Crippen molar-refractivity contribution in [1.29, 1.82) is 0 Å². The number of rotatable bonds is 3. The molecule has 3 N–H and O–H groups in total. The number of H-pyrrole nitrogens is 2. The number of nitrogens with zero attached hydrogens (tertiary/aromatic N) is 1. The molecule has 2 aromatic carbocycles. The maximum absolute atomic E-state index is 12.4. The summed E-state index contributed by atoms with van der Waals surface area (Å²) in [6.07, 6.45) is 1.50. The van der Waals surface area contributed by atoms with E-state index in [-0.39, 0.29) is 11.6 Å². The number of aromatic nitrogens is 3. The lowest BCUT2D eigenvalue weighted by atomic mass is 10.1. The number of halogens is 1. The largest absolute Gasteiger partial charge is 0.323 e. The Hall–Kier alpha value is -3.38. The van der Waals surface area contributed by atoms with Crippen LogP contribution in [0.15, 0.2) is 65.6 Å². The van der Waals surface area contributed by atoms with E-state index in [0.29, 0.717) is 33.0 Å². The number of carbonyl (C=O) groups is 1. The van der Waals surface area contributed by atoms with Crippen LogP contribution >= 0.6 is 11.6 Å². The van der Waals surface area contributed by atoms with Gasteiger partial charge in [-0.25, -0.2) is 4.79 Å². The molecule has 0 bridgehead atoms. The Labute approximate surface area is 152 Å². The summed E-state index contributed by atoms with van der Waals surface area (Å²) in [7, 11) is 0. The van der Waals surface area contributed by atoms with E-state index in [9.17, 15) is 9.59 Å². The zero-order chi connectivity index (χ0) is 18.1. The number of fused-ring (bicyclic) bond motifs is 1. The lowest BCUT2D eigenvalue weighted by Gasteiger charge is -2.07. The van der Waals surface area contributed by atoms with Gasteiger partial charge in [0.05, 0.1) is 22.3 Å². The smallest absolute Gasteiger partial charge is 0.322 e. The summed E-state index contributed by atoms with van der Waals surface area (Å²) < 4.78 is 0. The molecule has 0 unspecified atom stereocenters. The Balaban J connectivity index is 1.56. The van der Waals surface area contributed by atoms with Gasteiger partial charge in [0.15, 0.2) is 0 Å². The summed E-state index contributed by atoms with van der Waals surface area (Å²) in [5.41, 5.74) is 3.51. The van der Waals surface area contributed by atoms with Gasteiger partial charge in [-0.3, -0.25) is 9.78 Å². The van der Waals surface area contributed by atoms with Crippen molar-refractivity contribution < 1.29 is 4.79 Å². The quantitative estimate of drug-likeness (QED) is 0.516. The predicted octanol–water partition coefficient (Wildman–Crippen LogP) is 3.82. The van der Waals surface area contributed by atoms with Crippen molar-refractivity contribution in [3.05, 3.63) is 81.9 Å². The minimum atomic E-state index is -0.291. The van der Waals surface area contributed by atoms with Gasteiger partial charge in [-0.15, -0.1) is 0 Å². The second-order valence-electron chi connectivity index (χ2n) is 5.71. The first kappa shape index (κ1) is 16.1.